The van der Waals surface area contributed by atoms with Gasteiger partial charge in [-0.3, -0.25) is 9.98 Å². The maximum absolute atomic E-state index is 5.00. The van der Waals surface area contributed by atoms with Gasteiger partial charge in [-0.05, 0) is 38.3 Å². The molecule has 1 aromatic rings. The van der Waals surface area contributed by atoms with Crippen molar-refractivity contribution in [1.82, 2.24) is 15.2 Å². The lowest BCUT2D eigenvalue weighted by molar-refractivity contribution is -0.0667. The highest BCUT2D eigenvalue weighted by atomic mass is 15.4. The van der Waals surface area contributed by atoms with Gasteiger partial charge in [-0.2, -0.15) is 0 Å². The van der Waals surface area contributed by atoms with Gasteiger partial charge in [0.25, 0.3) is 0 Å². The van der Waals surface area contributed by atoms with E-state index in [9.17, 15) is 0 Å². The fourth-order valence-corrected chi connectivity index (χ4v) is 3.28. The molecule has 24 heavy (non-hydrogen) atoms. The lowest BCUT2D eigenvalue weighted by atomic mass is 9.65. The summed E-state index contributed by atoms with van der Waals surface area (Å²) in [6, 6.07) is 4.18. The van der Waals surface area contributed by atoms with Crippen molar-refractivity contribution in [3.05, 3.63) is 30.1 Å². The highest BCUT2D eigenvalue weighted by Crippen LogP contribution is 2.46. The van der Waals surface area contributed by atoms with Gasteiger partial charge in [0.2, 0.25) is 0 Å². The van der Waals surface area contributed by atoms with Crippen molar-refractivity contribution in [2.24, 2.45) is 16.3 Å². The molecule has 0 saturated carbocycles. The Morgan fingerprint density at radius 3 is 2.50 bits per heavy atom. The maximum atomic E-state index is 5.00. The number of nitrogens with one attached hydrogen (secondary N) is 1. The summed E-state index contributed by atoms with van der Waals surface area (Å²) in [4.78, 5) is 11.7. The first-order valence-electron chi connectivity index (χ1n) is 9.16. The molecule has 134 valence electrons. The minimum absolute atomic E-state index is 0.121. The number of aromatic nitrogens is 1. The maximum Gasteiger partial charge on any atom is 0.194 e. The van der Waals surface area contributed by atoms with Gasteiger partial charge in [-0.1, -0.05) is 33.8 Å². The van der Waals surface area contributed by atoms with E-state index in [-0.39, 0.29) is 5.54 Å². The second-order valence-corrected chi connectivity index (χ2v) is 8.36. The Kier molecular flexibility index (Phi) is 5.56. The molecule has 1 aromatic heterocycles. The fraction of sp³-hybridized carbons (Fsp3) is 0.700. The second-order valence-electron chi connectivity index (χ2n) is 8.36. The summed E-state index contributed by atoms with van der Waals surface area (Å²) in [5.41, 5.74) is 1.70. The first kappa shape index (κ1) is 18.8. The molecule has 2 heterocycles. The summed E-state index contributed by atoms with van der Waals surface area (Å²) >= 11 is 0. The van der Waals surface area contributed by atoms with E-state index in [0.717, 1.165) is 25.6 Å². The van der Waals surface area contributed by atoms with Crippen molar-refractivity contribution in [1.29, 1.82) is 0 Å². The van der Waals surface area contributed by atoms with E-state index in [2.05, 4.69) is 69.7 Å². The molecule has 1 saturated heterocycles. The third kappa shape index (κ3) is 3.57. The number of guanidine groups is 1. The van der Waals surface area contributed by atoms with Gasteiger partial charge in [-0.25, -0.2) is 0 Å². The summed E-state index contributed by atoms with van der Waals surface area (Å²) in [5.74, 6) is 1.96. The number of nitrogens with zero attached hydrogens (tertiary/aromatic N) is 3. The third-order valence-electron chi connectivity index (χ3n) is 5.83. The Balaban J connectivity index is 2.19. The lowest BCUT2D eigenvalue weighted by Crippen LogP contribution is -2.72. The molecular formula is C20H34N4. The van der Waals surface area contributed by atoms with Crippen LogP contribution in [0.2, 0.25) is 0 Å². The zero-order valence-electron chi connectivity index (χ0n) is 16.4. The van der Waals surface area contributed by atoms with Gasteiger partial charge in [-0.15, -0.1) is 0 Å². The largest absolute Gasteiger partial charge is 0.356 e. The summed E-state index contributed by atoms with van der Waals surface area (Å²) in [6.07, 6.45) is 3.81. The standard InChI is InChI=1S/C20H34N4/c1-8-22-18(24-14-19(4,5)20(24,6)7)23-13-17(15(2)3)16-10-9-11-21-12-16/h9-12,15,17H,8,13-14H2,1-7H3,(H,22,23). The average molecular weight is 331 g/mol. The van der Waals surface area contributed by atoms with E-state index >= 15 is 0 Å². The summed E-state index contributed by atoms with van der Waals surface area (Å²) in [6.45, 7) is 18.7. The predicted molar refractivity (Wildman–Crippen MR) is 102 cm³/mol. The SMILES string of the molecule is CCNC(=NCC(c1cccnc1)C(C)C)N1CC(C)(C)C1(C)C. The normalized spacial score (nSPS) is 20.7. The Bertz CT molecular complexity index is 560. The molecule has 0 spiro atoms. The van der Waals surface area contributed by atoms with Gasteiger partial charge in [0, 0.05) is 48.9 Å². The van der Waals surface area contributed by atoms with Gasteiger partial charge in [0.05, 0.1) is 0 Å². The quantitative estimate of drug-likeness (QED) is 0.657. The van der Waals surface area contributed by atoms with Gasteiger partial charge < -0.3 is 10.2 Å². The molecule has 0 aliphatic carbocycles. The molecule has 0 bridgehead atoms. The molecule has 1 unspecified atom stereocenters. The smallest absolute Gasteiger partial charge is 0.194 e. The molecule has 2 rings (SSSR count). The predicted octanol–water partition coefficient (Wildman–Crippen LogP) is 3.91. The molecular weight excluding hydrogens is 296 g/mol. The van der Waals surface area contributed by atoms with Crippen molar-refractivity contribution < 1.29 is 0 Å². The zero-order chi connectivity index (χ0) is 18.0. The summed E-state index contributed by atoms with van der Waals surface area (Å²) < 4.78 is 0. The number of rotatable bonds is 5. The monoisotopic (exact) mass is 330 g/mol. The van der Waals surface area contributed by atoms with Crippen LogP contribution in [0.1, 0.15) is 59.9 Å². The van der Waals surface area contributed by atoms with Crippen molar-refractivity contribution in [3.63, 3.8) is 0 Å². The van der Waals surface area contributed by atoms with E-state index in [0.29, 0.717) is 17.3 Å². The van der Waals surface area contributed by atoms with Crippen LogP contribution >= 0.6 is 0 Å². The number of hydrogen-bond donors (Lipinski definition) is 1. The number of aliphatic imine (C=N–C) groups is 1. The van der Waals surface area contributed by atoms with Crippen LogP contribution < -0.4 is 5.32 Å². The number of pyridine rings is 1. The molecule has 0 radical (unpaired) electrons. The van der Waals surface area contributed by atoms with Crippen LogP contribution in [-0.4, -0.2) is 41.0 Å². The molecule has 1 N–H and O–H groups in total. The van der Waals surface area contributed by atoms with Crippen LogP contribution in [0.15, 0.2) is 29.5 Å². The van der Waals surface area contributed by atoms with Crippen molar-refractivity contribution >= 4 is 5.96 Å². The highest BCUT2D eigenvalue weighted by molar-refractivity contribution is 5.82. The first-order valence-corrected chi connectivity index (χ1v) is 9.16. The Hall–Kier alpha value is -1.58. The van der Waals surface area contributed by atoms with Crippen molar-refractivity contribution in [2.75, 3.05) is 19.6 Å². The summed E-state index contributed by atoms with van der Waals surface area (Å²) in [5, 5.41) is 3.48. The minimum Gasteiger partial charge on any atom is -0.356 e. The Morgan fingerprint density at radius 2 is 2.04 bits per heavy atom. The highest BCUT2D eigenvalue weighted by Gasteiger charge is 2.53. The topological polar surface area (TPSA) is 40.5 Å². The fourth-order valence-electron chi connectivity index (χ4n) is 3.28. The van der Waals surface area contributed by atoms with Crippen molar-refractivity contribution in [2.45, 2.75) is 59.9 Å². The van der Waals surface area contributed by atoms with Crippen LogP contribution in [0.4, 0.5) is 0 Å². The van der Waals surface area contributed by atoms with E-state index in [4.69, 9.17) is 4.99 Å². The third-order valence-corrected chi connectivity index (χ3v) is 5.83. The van der Waals surface area contributed by atoms with Crippen LogP contribution in [0, 0.1) is 11.3 Å². The minimum atomic E-state index is 0.121. The molecule has 1 fully saturated rings. The van der Waals surface area contributed by atoms with Crippen LogP contribution in [0.25, 0.3) is 0 Å². The van der Waals surface area contributed by atoms with Gasteiger partial charge >= 0.3 is 0 Å². The number of hydrogen-bond acceptors (Lipinski definition) is 2. The number of likely N-dealkylation sites (tertiary alicyclic amines) is 1. The molecule has 4 nitrogen and oxygen atoms in total. The summed E-state index contributed by atoms with van der Waals surface area (Å²) in [7, 11) is 0. The molecule has 1 atom stereocenters. The molecule has 4 heteroatoms. The van der Waals surface area contributed by atoms with E-state index < -0.39 is 0 Å². The lowest BCUT2D eigenvalue weighted by Gasteiger charge is -2.62. The molecule has 1 aliphatic heterocycles. The second kappa shape index (κ2) is 7.12. The van der Waals surface area contributed by atoms with Gasteiger partial charge in [0.1, 0.15) is 0 Å². The van der Waals surface area contributed by atoms with Crippen LogP contribution in [-0.2, 0) is 0 Å². The van der Waals surface area contributed by atoms with Crippen molar-refractivity contribution in [3.8, 4) is 0 Å². The van der Waals surface area contributed by atoms with E-state index in [1.165, 1.54) is 5.56 Å². The van der Waals surface area contributed by atoms with E-state index in [1.807, 2.05) is 18.5 Å². The Labute approximate surface area is 147 Å². The molecule has 0 aromatic carbocycles. The van der Waals surface area contributed by atoms with Crippen LogP contribution in [0.3, 0.4) is 0 Å². The molecule has 1 aliphatic rings. The van der Waals surface area contributed by atoms with Crippen LogP contribution in [0.5, 0.6) is 0 Å². The molecule has 0 amide bonds. The first-order chi connectivity index (χ1) is 11.2. The van der Waals surface area contributed by atoms with Gasteiger partial charge in [0.15, 0.2) is 5.96 Å². The van der Waals surface area contributed by atoms with E-state index in [1.54, 1.807) is 0 Å². The average Bonchev–Trinajstić information content (AvgIpc) is 2.52. The Morgan fingerprint density at radius 1 is 1.33 bits per heavy atom. The zero-order valence-corrected chi connectivity index (χ0v) is 16.4.